The third kappa shape index (κ3) is 3.47. The molecule has 0 bridgehead atoms. The maximum atomic E-state index is 13.9. The summed E-state index contributed by atoms with van der Waals surface area (Å²) < 4.78 is 19.2. The van der Waals surface area contributed by atoms with E-state index in [1.54, 1.807) is 12.1 Å². The van der Waals surface area contributed by atoms with Crippen LogP contribution in [-0.2, 0) is 14.3 Å². The topological polar surface area (TPSA) is 49.9 Å². The molecule has 2 aliphatic heterocycles. The van der Waals surface area contributed by atoms with Crippen LogP contribution in [0.5, 0.6) is 0 Å². The van der Waals surface area contributed by atoms with Crippen molar-refractivity contribution in [3.05, 3.63) is 35.6 Å². The number of rotatable bonds is 5. The molecule has 2 saturated heterocycles. The fraction of sp³-hybridized carbons (Fsp3) is 0.619. The number of nitrogens with zero attached hydrogens (tertiary/aromatic N) is 2. The molecule has 1 aromatic carbocycles. The maximum absolute atomic E-state index is 13.9. The molecule has 1 saturated carbocycles. The number of hydrogen-bond acceptors (Lipinski definition) is 3. The number of ether oxygens (including phenoxy) is 1. The van der Waals surface area contributed by atoms with Crippen LogP contribution in [-0.4, -0.2) is 54.5 Å². The predicted molar refractivity (Wildman–Crippen MR) is 98.2 cm³/mol. The second-order valence-electron chi connectivity index (χ2n) is 7.98. The van der Waals surface area contributed by atoms with Gasteiger partial charge in [-0.2, -0.15) is 0 Å². The van der Waals surface area contributed by atoms with Crippen LogP contribution < -0.4 is 0 Å². The van der Waals surface area contributed by atoms with Crippen molar-refractivity contribution >= 4 is 11.8 Å². The highest BCUT2D eigenvalue weighted by molar-refractivity contribution is 5.81. The molecule has 0 N–H and O–H groups in total. The van der Waals surface area contributed by atoms with Gasteiger partial charge in [0, 0.05) is 44.0 Å². The van der Waals surface area contributed by atoms with Gasteiger partial charge in [0.2, 0.25) is 11.8 Å². The third-order valence-electron chi connectivity index (χ3n) is 6.37. The molecule has 5 nitrogen and oxygen atoms in total. The summed E-state index contributed by atoms with van der Waals surface area (Å²) in [6.07, 6.45) is 3.03. The number of halogens is 1. The van der Waals surface area contributed by atoms with Crippen LogP contribution in [0, 0.1) is 23.6 Å². The van der Waals surface area contributed by atoms with Crippen molar-refractivity contribution in [1.82, 2.24) is 9.80 Å². The normalized spacial score (nSPS) is 27.6. The van der Waals surface area contributed by atoms with Gasteiger partial charge < -0.3 is 14.5 Å². The zero-order valence-corrected chi connectivity index (χ0v) is 15.8. The summed E-state index contributed by atoms with van der Waals surface area (Å²) in [5, 5.41) is 0. The Morgan fingerprint density at radius 1 is 1.22 bits per heavy atom. The number of fused-ring (bicyclic) bond motifs is 1. The lowest BCUT2D eigenvalue weighted by Crippen LogP contribution is -2.42. The molecule has 2 amide bonds. The van der Waals surface area contributed by atoms with Gasteiger partial charge in [0.1, 0.15) is 12.4 Å². The molecule has 0 radical (unpaired) electrons. The monoisotopic (exact) mass is 374 g/mol. The van der Waals surface area contributed by atoms with E-state index >= 15 is 0 Å². The van der Waals surface area contributed by atoms with Crippen LogP contribution in [0.25, 0.3) is 0 Å². The van der Waals surface area contributed by atoms with Crippen molar-refractivity contribution in [2.45, 2.75) is 32.2 Å². The lowest BCUT2D eigenvalue weighted by atomic mass is 9.83. The summed E-state index contributed by atoms with van der Waals surface area (Å²) >= 11 is 0. The predicted octanol–water partition coefficient (Wildman–Crippen LogP) is 2.62. The quantitative estimate of drug-likeness (QED) is 0.796. The lowest BCUT2D eigenvalue weighted by molar-refractivity contribution is -0.140. The molecule has 1 aliphatic carbocycles. The van der Waals surface area contributed by atoms with Crippen molar-refractivity contribution in [1.29, 1.82) is 0 Å². The minimum atomic E-state index is -0.283. The summed E-state index contributed by atoms with van der Waals surface area (Å²) in [6, 6.07) is 6.43. The average Bonchev–Trinajstić information content (AvgIpc) is 3.15. The largest absolute Gasteiger partial charge is 0.372 e. The van der Waals surface area contributed by atoms with Gasteiger partial charge in [0.05, 0.1) is 6.04 Å². The Morgan fingerprint density at radius 2 is 2.04 bits per heavy atom. The second-order valence-corrected chi connectivity index (χ2v) is 7.98. The Balaban J connectivity index is 1.56. The molecular formula is C21H27FN2O3. The maximum Gasteiger partial charge on any atom is 0.248 e. The van der Waals surface area contributed by atoms with Crippen LogP contribution in [0.1, 0.15) is 37.8 Å². The molecule has 0 aromatic heterocycles. The van der Waals surface area contributed by atoms with E-state index in [9.17, 15) is 14.0 Å². The Labute approximate surface area is 159 Å². The van der Waals surface area contributed by atoms with Crippen LogP contribution in [0.2, 0.25) is 0 Å². The van der Waals surface area contributed by atoms with E-state index in [1.807, 2.05) is 22.8 Å². The van der Waals surface area contributed by atoms with Crippen molar-refractivity contribution in [2.75, 3.05) is 32.8 Å². The van der Waals surface area contributed by atoms with Gasteiger partial charge in [-0.3, -0.25) is 9.59 Å². The van der Waals surface area contributed by atoms with E-state index in [-0.39, 0.29) is 48.0 Å². The SMILES string of the molecule is CCOCC(=O)N1C[C@H]2CN(C(=O)C3CCC3)[C@H](c3cccc(F)c3)[C@H]2C1. The standard InChI is InChI=1S/C21H27FN2O3/c1-2-27-13-19(25)23-10-16-11-24(21(26)14-5-3-6-14)20(18(16)12-23)15-7-4-8-17(22)9-15/h4,7-9,14,16,18,20H,2-3,5-6,10-13H2,1H3/t16-,18-,20+/m0/s1. The van der Waals surface area contributed by atoms with Gasteiger partial charge in [-0.15, -0.1) is 0 Å². The molecular weight excluding hydrogens is 347 g/mol. The third-order valence-corrected chi connectivity index (χ3v) is 6.37. The van der Waals surface area contributed by atoms with Crippen molar-refractivity contribution < 1.29 is 18.7 Å². The van der Waals surface area contributed by atoms with Gasteiger partial charge in [0.15, 0.2) is 0 Å². The van der Waals surface area contributed by atoms with Gasteiger partial charge in [-0.1, -0.05) is 18.6 Å². The van der Waals surface area contributed by atoms with Crippen molar-refractivity contribution in [3.63, 3.8) is 0 Å². The number of benzene rings is 1. The zero-order valence-electron chi connectivity index (χ0n) is 15.8. The number of amides is 2. The van der Waals surface area contributed by atoms with Crippen molar-refractivity contribution in [3.8, 4) is 0 Å². The fourth-order valence-electron chi connectivity index (χ4n) is 4.76. The minimum absolute atomic E-state index is 0.00103. The molecule has 0 unspecified atom stereocenters. The van der Waals surface area contributed by atoms with Crippen LogP contribution in [0.15, 0.2) is 24.3 Å². The van der Waals surface area contributed by atoms with Crippen LogP contribution in [0.4, 0.5) is 4.39 Å². The van der Waals surface area contributed by atoms with Crippen LogP contribution in [0.3, 0.4) is 0 Å². The van der Waals surface area contributed by atoms with E-state index in [0.29, 0.717) is 26.2 Å². The van der Waals surface area contributed by atoms with Gasteiger partial charge in [0.25, 0.3) is 0 Å². The Morgan fingerprint density at radius 3 is 2.70 bits per heavy atom. The van der Waals surface area contributed by atoms with E-state index in [4.69, 9.17) is 4.74 Å². The number of likely N-dealkylation sites (tertiary alicyclic amines) is 2. The number of carbonyl (C=O) groups excluding carboxylic acids is 2. The van der Waals surface area contributed by atoms with Gasteiger partial charge in [-0.25, -0.2) is 4.39 Å². The Bertz CT molecular complexity index is 721. The van der Waals surface area contributed by atoms with E-state index in [0.717, 1.165) is 24.8 Å². The first-order valence-corrected chi connectivity index (χ1v) is 10.00. The first-order chi connectivity index (χ1) is 13.1. The highest BCUT2D eigenvalue weighted by atomic mass is 19.1. The number of carbonyl (C=O) groups is 2. The summed E-state index contributed by atoms with van der Waals surface area (Å²) in [6.45, 7) is 4.39. The first-order valence-electron chi connectivity index (χ1n) is 10.00. The van der Waals surface area contributed by atoms with Crippen molar-refractivity contribution in [2.24, 2.45) is 17.8 Å². The molecule has 1 aromatic rings. The molecule has 6 heteroatoms. The van der Waals surface area contributed by atoms with E-state index in [2.05, 4.69) is 0 Å². The average molecular weight is 374 g/mol. The molecule has 0 spiro atoms. The molecule has 146 valence electrons. The van der Waals surface area contributed by atoms with E-state index in [1.165, 1.54) is 6.07 Å². The number of hydrogen-bond donors (Lipinski definition) is 0. The van der Waals surface area contributed by atoms with E-state index < -0.39 is 0 Å². The Kier molecular flexibility index (Phi) is 5.17. The molecule has 4 rings (SSSR count). The first kappa shape index (κ1) is 18.4. The summed E-state index contributed by atoms with van der Waals surface area (Å²) in [5.41, 5.74) is 0.842. The zero-order chi connectivity index (χ0) is 19.0. The summed E-state index contributed by atoms with van der Waals surface area (Å²) in [7, 11) is 0. The molecule has 2 heterocycles. The molecule has 3 atom stereocenters. The summed E-state index contributed by atoms with van der Waals surface area (Å²) in [4.78, 5) is 29.2. The molecule has 3 aliphatic rings. The highest BCUT2D eigenvalue weighted by Crippen LogP contribution is 2.46. The molecule has 27 heavy (non-hydrogen) atoms. The minimum Gasteiger partial charge on any atom is -0.372 e. The Hall–Kier alpha value is -1.95. The second kappa shape index (κ2) is 7.58. The summed E-state index contributed by atoms with van der Waals surface area (Å²) in [5.74, 6) is 0.442. The smallest absolute Gasteiger partial charge is 0.248 e. The van der Waals surface area contributed by atoms with Crippen LogP contribution >= 0.6 is 0 Å². The molecule has 3 fully saturated rings. The van der Waals surface area contributed by atoms with Gasteiger partial charge in [-0.05, 0) is 37.5 Å². The lowest BCUT2D eigenvalue weighted by Gasteiger charge is -2.35. The highest BCUT2D eigenvalue weighted by Gasteiger charge is 2.51. The van der Waals surface area contributed by atoms with Gasteiger partial charge >= 0.3 is 0 Å². The fourth-order valence-corrected chi connectivity index (χ4v) is 4.76.